The summed E-state index contributed by atoms with van der Waals surface area (Å²) in [6, 6.07) is 49.2. The molecule has 1 nitrogen and oxygen atoms in total. The molecule has 3 atom stereocenters. The van der Waals surface area contributed by atoms with Crippen molar-refractivity contribution in [2.45, 2.75) is 88.9 Å². The molecule has 4 aliphatic carbocycles. The Bertz CT molecular complexity index is 2240. The van der Waals surface area contributed by atoms with Gasteiger partial charge in [-0.3, -0.25) is 0 Å². The third-order valence-corrected chi connectivity index (χ3v) is 13.5. The van der Waals surface area contributed by atoms with Gasteiger partial charge in [0.25, 0.3) is 0 Å². The van der Waals surface area contributed by atoms with Crippen LogP contribution >= 0.6 is 0 Å². The lowest BCUT2D eigenvalue weighted by Gasteiger charge is -2.31. The zero-order valence-electron chi connectivity index (χ0n) is 30.2. The maximum absolute atomic E-state index is 2.57. The number of hydrogen-bond acceptors (Lipinski definition) is 1. The molecule has 0 spiro atoms. The average Bonchev–Trinajstić information content (AvgIpc) is 3.89. The fourth-order valence-corrected chi connectivity index (χ4v) is 10.9. The molecule has 2 bridgehead atoms. The third-order valence-electron chi connectivity index (χ3n) is 13.5. The highest BCUT2D eigenvalue weighted by Crippen LogP contribution is 2.56. The summed E-state index contributed by atoms with van der Waals surface area (Å²) in [5, 5.41) is 2.66. The Morgan fingerprint density at radius 3 is 2.14 bits per heavy atom. The predicted octanol–water partition coefficient (Wildman–Crippen LogP) is 14.2. The van der Waals surface area contributed by atoms with E-state index in [1.165, 1.54) is 130 Å². The lowest BCUT2D eigenvalue weighted by Crippen LogP contribution is -2.17. The molecule has 4 aliphatic rings. The van der Waals surface area contributed by atoms with Crippen molar-refractivity contribution >= 4 is 27.8 Å². The highest BCUT2D eigenvalue weighted by molar-refractivity contribution is 6.01. The van der Waals surface area contributed by atoms with Gasteiger partial charge in [0.05, 0.1) is 5.69 Å². The molecule has 3 unspecified atom stereocenters. The van der Waals surface area contributed by atoms with Crippen molar-refractivity contribution in [2.75, 3.05) is 4.90 Å². The van der Waals surface area contributed by atoms with Gasteiger partial charge in [0.1, 0.15) is 0 Å². The zero-order chi connectivity index (χ0) is 34.1. The van der Waals surface area contributed by atoms with Gasteiger partial charge in [0.2, 0.25) is 0 Å². The third kappa shape index (κ3) is 5.18. The van der Waals surface area contributed by atoms with Crippen LogP contribution in [0.25, 0.3) is 33.0 Å². The molecule has 0 radical (unpaired) electrons. The first-order chi connectivity index (χ1) is 25.0. The van der Waals surface area contributed by atoms with E-state index in [1.54, 1.807) is 0 Å². The molecule has 254 valence electrons. The molecule has 3 saturated carbocycles. The molecule has 0 N–H and O–H groups in total. The van der Waals surface area contributed by atoms with Crippen molar-refractivity contribution in [1.29, 1.82) is 0 Å². The highest BCUT2D eigenvalue weighted by Gasteiger charge is 2.40. The molecule has 6 aromatic rings. The van der Waals surface area contributed by atoms with Crippen LogP contribution in [0, 0.1) is 11.8 Å². The number of fused-ring (bicyclic) bond motifs is 6. The summed E-state index contributed by atoms with van der Waals surface area (Å²) >= 11 is 0. The van der Waals surface area contributed by atoms with Crippen LogP contribution in [-0.2, 0) is 5.41 Å². The van der Waals surface area contributed by atoms with Gasteiger partial charge in [-0.05, 0) is 136 Å². The van der Waals surface area contributed by atoms with Crippen LogP contribution in [0.4, 0.5) is 17.1 Å². The van der Waals surface area contributed by atoms with Gasteiger partial charge in [-0.1, -0.05) is 137 Å². The van der Waals surface area contributed by atoms with E-state index in [1.807, 2.05) is 0 Å². The Hall–Kier alpha value is -4.62. The number of nitrogens with zero attached hydrogens (tertiary/aromatic N) is 1. The molecule has 0 aromatic heterocycles. The zero-order valence-corrected chi connectivity index (χ0v) is 30.2. The van der Waals surface area contributed by atoms with E-state index in [-0.39, 0.29) is 5.41 Å². The van der Waals surface area contributed by atoms with E-state index in [4.69, 9.17) is 0 Å². The molecular weight excluding hydrogens is 615 g/mol. The van der Waals surface area contributed by atoms with Crippen molar-refractivity contribution in [2.24, 2.45) is 11.8 Å². The lowest BCUT2D eigenvalue weighted by atomic mass is 9.81. The highest BCUT2D eigenvalue weighted by atomic mass is 15.1. The van der Waals surface area contributed by atoms with Crippen molar-refractivity contribution in [1.82, 2.24) is 0 Å². The van der Waals surface area contributed by atoms with E-state index < -0.39 is 0 Å². The summed E-state index contributed by atoms with van der Waals surface area (Å²) in [6.07, 6.45) is 12.4. The average molecular weight is 664 g/mol. The summed E-state index contributed by atoms with van der Waals surface area (Å²) in [5.74, 6) is 3.24. The maximum atomic E-state index is 2.57. The van der Waals surface area contributed by atoms with Crippen LogP contribution in [0.2, 0.25) is 0 Å². The summed E-state index contributed by atoms with van der Waals surface area (Å²) in [5.41, 5.74) is 14.8. The predicted molar refractivity (Wildman–Crippen MR) is 216 cm³/mol. The van der Waals surface area contributed by atoms with Crippen molar-refractivity contribution in [3.05, 3.63) is 150 Å². The molecule has 3 fully saturated rings. The first-order valence-corrected chi connectivity index (χ1v) is 19.8. The SMILES string of the molecule is CC1(C)c2ccccc2-c2c(-c3ccccc3)cc(N(c3ccc(C4CC5CCC4C5)cc3)c3cccc4cc(C5CCCCC5)ccc34)cc21. The number of hydrogen-bond donors (Lipinski definition) is 0. The van der Waals surface area contributed by atoms with Gasteiger partial charge < -0.3 is 4.90 Å². The van der Waals surface area contributed by atoms with E-state index in [0.717, 1.165) is 17.8 Å². The molecule has 0 amide bonds. The summed E-state index contributed by atoms with van der Waals surface area (Å²) in [4.78, 5) is 2.57. The van der Waals surface area contributed by atoms with E-state index in [2.05, 4.69) is 146 Å². The lowest BCUT2D eigenvalue weighted by molar-refractivity contribution is 0.420. The quantitative estimate of drug-likeness (QED) is 0.171. The van der Waals surface area contributed by atoms with E-state index in [9.17, 15) is 0 Å². The molecule has 51 heavy (non-hydrogen) atoms. The van der Waals surface area contributed by atoms with Crippen LogP contribution < -0.4 is 4.90 Å². The van der Waals surface area contributed by atoms with E-state index >= 15 is 0 Å². The summed E-state index contributed by atoms with van der Waals surface area (Å²) < 4.78 is 0. The van der Waals surface area contributed by atoms with Crippen molar-refractivity contribution in [3.8, 4) is 22.3 Å². The first-order valence-electron chi connectivity index (χ1n) is 19.8. The first kappa shape index (κ1) is 31.1. The second-order valence-corrected chi connectivity index (χ2v) is 16.8. The Labute approximate surface area is 304 Å². The Kier molecular flexibility index (Phi) is 7.49. The van der Waals surface area contributed by atoms with Gasteiger partial charge in [0, 0.05) is 22.2 Å². The summed E-state index contributed by atoms with van der Waals surface area (Å²) in [7, 11) is 0. The standard InChI is InChI=1S/C50H49N/c1-50(2)46-18-10-9-17-43(46)49-45(35-14-7-4-8-15-35)31-41(32-47(49)50)51(40-25-22-36(23-26-40)44-29-33-20-21-39(44)28-33)48-19-11-16-38-30-37(24-27-42(38)48)34-12-5-3-6-13-34/h4,7-11,14-19,22-27,30-34,39,44H,3,5-6,12-13,20-21,28-29H2,1-2H3. The van der Waals surface area contributed by atoms with Crippen LogP contribution in [-0.4, -0.2) is 0 Å². The molecule has 0 heterocycles. The minimum Gasteiger partial charge on any atom is -0.310 e. The van der Waals surface area contributed by atoms with Crippen LogP contribution in [0.15, 0.2) is 127 Å². The topological polar surface area (TPSA) is 3.24 Å². The monoisotopic (exact) mass is 663 g/mol. The number of benzene rings is 6. The second kappa shape index (κ2) is 12.3. The molecule has 0 aliphatic heterocycles. The van der Waals surface area contributed by atoms with Crippen LogP contribution in [0.1, 0.15) is 106 Å². The Morgan fingerprint density at radius 2 is 1.35 bits per heavy atom. The fraction of sp³-hybridized carbons (Fsp3) is 0.320. The van der Waals surface area contributed by atoms with Crippen LogP contribution in [0.5, 0.6) is 0 Å². The van der Waals surface area contributed by atoms with Gasteiger partial charge in [-0.2, -0.15) is 0 Å². The van der Waals surface area contributed by atoms with Gasteiger partial charge in [-0.25, -0.2) is 0 Å². The Morgan fingerprint density at radius 1 is 0.569 bits per heavy atom. The van der Waals surface area contributed by atoms with Crippen molar-refractivity contribution < 1.29 is 0 Å². The molecule has 6 aromatic carbocycles. The fourth-order valence-electron chi connectivity index (χ4n) is 10.9. The van der Waals surface area contributed by atoms with Crippen LogP contribution in [0.3, 0.4) is 0 Å². The number of anilines is 3. The van der Waals surface area contributed by atoms with Gasteiger partial charge >= 0.3 is 0 Å². The molecule has 10 rings (SSSR count). The van der Waals surface area contributed by atoms with Gasteiger partial charge in [-0.15, -0.1) is 0 Å². The minimum atomic E-state index is -0.115. The summed E-state index contributed by atoms with van der Waals surface area (Å²) in [6.45, 7) is 4.82. The van der Waals surface area contributed by atoms with Gasteiger partial charge in [0.15, 0.2) is 0 Å². The smallest absolute Gasteiger partial charge is 0.0540 e. The molecule has 1 heteroatoms. The van der Waals surface area contributed by atoms with Crippen molar-refractivity contribution in [3.63, 3.8) is 0 Å². The molecular formula is C50H49N. The number of rotatable bonds is 6. The van der Waals surface area contributed by atoms with E-state index in [0.29, 0.717) is 5.92 Å². The normalized spacial score (nSPS) is 21.9. The second-order valence-electron chi connectivity index (χ2n) is 16.8. The minimum absolute atomic E-state index is 0.115. The molecule has 0 saturated heterocycles. The Balaban J connectivity index is 1.17. The largest absolute Gasteiger partial charge is 0.310 e. The maximum Gasteiger partial charge on any atom is 0.0540 e.